The van der Waals surface area contributed by atoms with Gasteiger partial charge in [-0.1, -0.05) is 31.8 Å². The molecular formula is C12H21N5O2. The highest BCUT2D eigenvalue weighted by Gasteiger charge is 2.19. The molecule has 0 spiro atoms. The average Bonchev–Trinajstić information content (AvgIpc) is 2.85. The quantitative estimate of drug-likeness (QED) is 0.260. The van der Waals surface area contributed by atoms with Crippen molar-refractivity contribution in [3.8, 4) is 0 Å². The number of carbonyl (C=O) groups excluding carboxylic acids is 1. The van der Waals surface area contributed by atoms with Gasteiger partial charge in [-0.3, -0.25) is 9.89 Å². The summed E-state index contributed by atoms with van der Waals surface area (Å²) in [7, 11) is 0. The molecule has 19 heavy (non-hydrogen) atoms. The molecular weight excluding hydrogens is 246 g/mol. The number of carbonyl (C=O) groups is 1. The summed E-state index contributed by atoms with van der Waals surface area (Å²) < 4.78 is 0. The highest BCUT2D eigenvalue weighted by molar-refractivity contribution is 6.04. The Morgan fingerprint density at radius 1 is 1.53 bits per heavy atom. The number of hydrogen-bond donors (Lipinski definition) is 4. The molecule has 0 radical (unpaired) electrons. The van der Waals surface area contributed by atoms with E-state index in [1.54, 1.807) is 0 Å². The van der Waals surface area contributed by atoms with E-state index < -0.39 is 0 Å². The lowest BCUT2D eigenvalue weighted by atomic mass is 9.97. The van der Waals surface area contributed by atoms with Crippen LogP contribution in [0.1, 0.15) is 45.1 Å². The summed E-state index contributed by atoms with van der Waals surface area (Å²) in [5.41, 5.74) is 5.87. The van der Waals surface area contributed by atoms with Crippen LogP contribution < -0.4 is 11.1 Å². The van der Waals surface area contributed by atoms with Gasteiger partial charge in [-0.05, 0) is 12.8 Å². The third-order valence-corrected chi connectivity index (χ3v) is 2.92. The van der Waals surface area contributed by atoms with Crippen LogP contribution in [0.3, 0.4) is 0 Å². The van der Waals surface area contributed by atoms with Crippen molar-refractivity contribution in [2.24, 2.45) is 16.8 Å². The Morgan fingerprint density at radius 2 is 2.16 bits per heavy atom. The molecule has 0 aliphatic heterocycles. The Bertz CT molecular complexity index is 435. The number of amides is 1. The molecule has 0 atom stereocenters. The summed E-state index contributed by atoms with van der Waals surface area (Å²) in [5.74, 6) is 0.169. The van der Waals surface area contributed by atoms with Crippen molar-refractivity contribution in [2.75, 3.05) is 5.32 Å². The molecule has 0 saturated heterocycles. The molecule has 0 unspecified atom stereocenters. The van der Waals surface area contributed by atoms with Crippen molar-refractivity contribution in [2.45, 2.75) is 39.5 Å². The number of nitrogens with zero attached hydrogens (tertiary/aromatic N) is 2. The van der Waals surface area contributed by atoms with Crippen LogP contribution in [0.5, 0.6) is 0 Å². The van der Waals surface area contributed by atoms with E-state index in [0.29, 0.717) is 11.4 Å². The molecule has 1 amide bonds. The smallest absolute Gasteiger partial charge is 0.228 e. The van der Waals surface area contributed by atoms with E-state index in [1.807, 2.05) is 13.8 Å². The number of rotatable bonds is 7. The number of amidine groups is 1. The van der Waals surface area contributed by atoms with E-state index in [0.717, 1.165) is 25.7 Å². The molecule has 0 aliphatic carbocycles. The van der Waals surface area contributed by atoms with E-state index in [9.17, 15) is 4.79 Å². The maximum atomic E-state index is 12.2. The van der Waals surface area contributed by atoms with Gasteiger partial charge in [0.2, 0.25) is 5.91 Å². The lowest BCUT2D eigenvalue weighted by Gasteiger charge is -2.14. The Kier molecular flexibility index (Phi) is 5.84. The van der Waals surface area contributed by atoms with Gasteiger partial charge in [0.05, 0.1) is 11.8 Å². The normalized spacial score (nSPS) is 11.8. The van der Waals surface area contributed by atoms with Gasteiger partial charge >= 0.3 is 0 Å². The van der Waals surface area contributed by atoms with E-state index in [1.165, 1.54) is 6.20 Å². The molecule has 106 valence electrons. The van der Waals surface area contributed by atoms with Crippen molar-refractivity contribution in [3.63, 3.8) is 0 Å². The molecule has 1 aromatic rings. The Balaban J connectivity index is 2.78. The zero-order valence-electron chi connectivity index (χ0n) is 11.3. The number of hydrogen-bond acceptors (Lipinski definition) is 4. The van der Waals surface area contributed by atoms with E-state index >= 15 is 0 Å². The number of aromatic amines is 1. The molecule has 0 aromatic carbocycles. The summed E-state index contributed by atoms with van der Waals surface area (Å²) in [5, 5.41) is 20.7. The number of nitrogens with one attached hydrogen (secondary N) is 2. The summed E-state index contributed by atoms with van der Waals surface area (Å²) in [6.07, 6.45) is 4.99. The molecule has 7 nitrogen and oxygen atoms in total. The van der Waals surface area contributed by atoms with E-state index in [4.69, 9.17) is 10.9 Å². The van der Waals surface area contributed by atoms with Crippen molar-refractivity contribution in [1.82, 2.24) is 10.2 Å². The SMILES string of the molecule is CCCC(CCC)C(=O)Nc1[nH]ncc1C(N)=NO. The van der Waals surface area contributed by atoms with Gasteiger partial charge in [0.15, 0.2) is 5.84 Å². The monoisotopic (exact) mass is 267 g/mol. The zero-order valence-corrected chi connectivity index (χ0v) is 11.3. The number of anilines is 1. The molecule has 1 rings (SSSR count). The first kappa shape index (κ1) is 15.0. The van der Waals surface area contributed by atoms with Crippen LogP contribution in [-0.4, -0.2) is 27.1 Å². The third-order valence-electron chi connectivity index (χ3n) is 2.92. The second-order valence-electron chi connectivity index (χ2n) is 4.41. The summed E-state index contributed by atoms with van der Waals surface area (Å²) in [6.45, 7) is 4.10. The van der Waals surface area contributed by atoms with Crippen molar-refractivity contribution >= 4 is 17.6 Å². The van der Waals surface area contributed by atoms with Crippen LogP contribution in [0.25, 0.3) is 0 Å². The van der Waals surface area contributed by atoms with Gasteiger partial charge in [-0.25, -0.2) is 0 Å². The van der Waals surface area contributed by atoms with Crippen LogP contribution in [-0.2, 0) is 4.79 Å². The predicted molar refractivity (Wildman–Crippen MR) is 73.0 cm³/mol. The van der Waals surface area contributed by atoms with E-state index in [-0.39, 0.29) is 17.7 Å². The van der Waals surface area contributed by atoms with Gasteiger partial charge in [0, 0.05) is 5.92 Å². The van der Waals surface area contributed by atoms with Gasteiger partial charge in [0.25, 0.3) is 0 Å². The van der Waals surface area contributed by atoms with Crippen LogP contribution in [0.4, 0.5) is 5.82 Å². The van der Waals surface area contributed by atoms with Crippen LogP contribution in [0.2, 0.25) is 0 Å². The molecule has 0 aliphatic rings. The highest BCUT2D eigenvalue weighted by atomic mass is 16.4. The number of nitrogens with two attached hydrogens (primary N) is 1. The minimum Gasteiger partial charge on any atom is -0.409 e. The van der Waals surface area contributed by atoms with Crippen molar-refractivity contribution < 1.29 is 10.0 Å². The average molecular weight is 267 g/mol. The van der Waals surface area contributed by atoms with E-state index in [2.05, 4.69) is 20.7 Å². The minimum absolute atomic E-state index is 0.0292. The van der Waals surface area contributed by atoms with Crippen LogP contribution in [0.15, 0.2) is 11.4 Å². The van der Waals surface area contributed by atoms with Crippen LogP contribution in [0, 0.1) is 5.92 Å². The first-order valence-electron chi connectivity index (χ1n) is 6.46. The van der Waals surface area contributed by atoms with Crippen molar-refractivity contribution in [1.29, 1.82) is 0 Å². The van der Waals surface area contributed by atoms with Gasteiger partial charge in [-0.15, -0.1) is 0 Å². The minimum atomic E-state index is -0.0911. The lowest BCUT2D eigenvalue weighted by molar-refractivity contribution is -0.120. The largest absolute Gasteiger partial charge is 0.409 e. The van der Waals surface area contributed by atoms with Crippen molar-refractivity contribution in [3.05, 3.63) is 11.8 Å². The maximum Gasteiger partial charge on any atom is 0.228 e. The highest BCUT2D eigenvalue weighted by Crippen LogP contribution is 2.17. The Morgan fingerprint density at radius 3 is 2.68 bits per heavy atom. The predicted octanol–water partition coefficient (Wildman–Crippen LogP) is 1.66. The number of H-pyrrole nitrogens is 1. The molecule has 0 bridgehead atoms. The maximum absolute atomic E-state index is 12.2. The topological polar surface area (TPSA) is 116 Å². The fraction of sp³-hybridized carbons (Fsp3) is 0.583. The zero-order chi connectivity index (χ0) is 14.3. The molecule has 1 heterocycles. The molecule has 5 N–H and O–H groups in total. The fourth-order valence-electron chi connectivity index (χ4n) is 1.96. The fourth-order valence-corrected chi connectivity index (χ4v) is 1.96. The van der Waals surface area contributed by atoms with Gasteiger partial charge in [-0.2, -0.15) is 5.10 Å². The molecule has 1 aromatic heterocycles. The van der Waals surface area contributed by atoms with Gasteiger partial charge < -0.3 is 16.3 Å². The number of oxime groups is 1. The van der Waals surface area contributed by atoms with Gasteiger partial charge in [0.1, 0.15) is 5.82 Å². The second kappa shape index (κ2) is 7.40. The molecule has 0 fully saturated rings. The molecule has 0 saturated carbocycles. The second-order valence-corrected chi connectivity index (χ2v) is 4.41. The first-order chi connectivity index (χ1) is 9.13. The number of aromatic nitrogens is 2. The standard InChI is InChI=1S/C12H21N5O2/c1-3-5-8(6-4-2)12(18)15-11-9(7-14-16-11)10(13)17-19/h7-8,19H,3-6H2,1-2H3,(H2,13,17)(H2,14,15,16,18). The summed E-state index contributed by atoms with van der Waals surface area (Å²) >= 11 is 0. The van der Waals surface area contributed by atoms with Crippen LogP contribution >= 0.6 is 0 Å². The Labute approximate surface area is 112 Å². The summed E-state index contributed by atoms with van der Waals surface area (Å²) in [6, 6.07) is 0. The molecule has 7 heteroatoms. The Hall–Kier alpha value is -2.05. The third kappa shape index (κ3) is 3.97. The summed E-state index contributed by atoms with van der Waals surface area (Å²) in [4.78, 5) is 12.2. The lowest BCUT2D eigenvalue weighted by Crippen LogP contribution is -2.25. The first-order valence-corrected chi connectivity index (χ1v) is 6.46.